The molecule has 11 nitrogen and oxygen atoms in total. The van der Waals surface area contributed by atoms with Crippen LogP contribution < -0.4 is 5.14 Å². The normalized spacial score (nSPS) is 34.9. The third-order valence-electron chi connectivity index (χ3n) is 4.95. The molecule has 0 amide bonds. The molecule has 0 spiro atoms. The van der Waals surface area contributed by atoms with Crippen LogP contribution in [0.4, 0.5) is 0 Å². The van der Waals surface area contributed by atoms with Crippen LogP contribution >= 0.6 is 0 Å². The minimum absolute atomic E-state index is 0.378. The highest BCUT2D eigenvalue weighted by atomic mass is 32.2. The van der Waals surface area contributed by atoms with Gasteiger partial charge in [-0.05, 0) is 18.8 Å². The van der Waals surface area contributed by atoms with Crippen LogP contribution in [0.3, 0.4) is 0 Å². The number of hydrogen-bond acceptors (Lipinski definition) is 9. The highest BCUT2D eigenvalue weighted by molar-refractivity contribution is 7.84. The Morgan fingerprint density at radius 2 is 2.15 bits per heavy atom. The molecule has 0 aromatic carbocycles. The summed E-state index contributed by atoms with van der Waals surface area (Å²) in [6.45, 7) is 0. The van der Waals surface area contributed by atoms with Gasteiger partial charge in [0.25, 0.3) is 0 Å². The lowest BCUT2D eigenvalue weighted by Gasteiger charge is -2.23. The second-order valence-electron chi connectivity index (χ2n) is 6.88. The van der Waals surface area contributed by atoms with Crippen LogP contribution in [0.15, 0.2) is 12.7 Å². The van der Waals surface area contributed by atoms with E-state index in [0.717, 1.165) is 12.8 Å². The highest BCUT2D eigenvalue weighted by Gasteiger charge is 2.79. The van der Waals surface area contributed by atoms with Crippen molar-refractivity contribution in [2.45, 2.75) is 43.0 Å². The fourth-order valence-electron chi connectivity index (χ4n) is 3.32. The Morgan fingerprint density at radius 3 is 2.78 bits per heavy atom. The third-order valence-corrected chi connectivity index (χ3v) is 5.43. The number of aliphatic hydroxyl groups is 2. The summed E-state index contributed by atoms with van der Waals surface area (Å²) in [5, 5.41) is 25.8. The van der Waals surface area contributed by atoms with Crippen molar-refractivity contribution in [3.63, 3.8) is 0 Å². The van der Waals surface area contributed by atoms with Gasteiger partial charge in [0.2, 0.25) is 0 Å². The van der Waals surface area contributed by atoms with Gasteiger partial charge >= 0.3 is 10.3 Å². The SMILES string of the molecule is NS(=O)(=O)OC1[C@H]2O[C@@H](n3cnc4c(C#CC5CC5)ncnc43)[C@H](O)[C@@]12O. The summed E-state index contributed by atoms with van der Waals surface area (Å²) in [5.41, 5.74) is -0.582. The fourth-order valence-corrected chi connectivity index (χ4v) is 3.86. The van der Waals surface area contributed by atoms with Gasteiger partial charge in [-0.3, -0.25) is 4.57 Å². The van der Waals surface area contributed by atoms with Gasteiger partial charge in [0.1, 0.15) is 35.8 Å². The van der Waals surface area contributed by atoms with Crippen LogP contribution in [0.5, 0.6) is 0 Å². The molecule has 27 heavy (non-hydrogen) atoms. The summed E-state index contributed by atoms with van der Waals surface area (Å²) in [5.74, 6) is 6.49. The molecule has 5 atom stereocenters. The number of nitrogens with two attached hydrogens (primary N) is 1. The van der Waals surface area contributed by atoms with Gasteiger partial charge in [-0.15, -0.1) is 0 Å². The van der Waals surface area contributed by atoms with Crippen molar-refractivity contribution in [1.82, 2.24) is 19.5 Å². The van der Waals surface area contributed by atoms with Crippen molar-refractivity contribution in [2.24, 2.45) is 11.1 Å². The Labute approximate surface area is 153 Å². The number of fused-ring (bicyclic) bond motifs is 2. The average molecular weight is 393 g/mol. The van der Waals surface area contributed by atoms with Crippen molar-refractivity contribution in [1.29, 1.82) is 0 Å². The first kappa shape index (κ1) is 17.0. The van der Waals surface area contributed by atoms with Crippen molar-refractivity contribution in [3.05, 3.63) is 18.3 Å². The number of aromatic nitrogens is 4. The van der Waals surface area contributed by atoms with E-state index < -0.39 is 40.4 Å². The summed E-state index contributed by atoms with van der Waals surface area (Å²) in [7, 11) is -4.29. The van der Waals surface area contributed by atoms with E-state index in [4.69, 9.17) is 9.88 Å². The standard InChI is InChI=1S/C15H15N5O6S/c16-27(23,24)26-12-11-15(12,22)10(21)14(25-11)20-6-19-9-8(4-3-7-1-2-7)17-5-18-13(9)20/h5-7,10-12,14,21-22H,1-2H2,(H2,16,23,24)/t10-,11+,12?,14+,15-/m0/s1. The smallest absolute Gasteiger partial charge is 0.333 e. The molecule has 1 saturated heterocycles. The van der Waals surface area contributed by atoms with Crippen molar-refractivity contribution < 1.29 is 27.6 Å². The molecule has 142 valence electrons. The molecule has 4 N–H and O–H groups in total. The monoisotopic (exact) mass is 393 g/mol. The molecule has 2 aliphatic carbocycles. The van der Waals surface area contributed by atoms with E-state index in [1.807, 2.05) is 0 Å². The Hall–Kier alpha value is -2.14. The molecule has 5 rings (SSSR count). The zero-order chi connectivity index (χ0) is 19.0. The minimum Gasteiger partial charge on any atom is -0.385 e. The van der Waals surface area contributed by atoms with Crippen LogP contribution in [0.25, 0.3) is 11.2 Å². The van der Waals surface area contributed by atoms with Crippen LogP contribution in [0.2, 0.25) is 0 Å². The largest absolute Gasteiger partial charge is 0.385 e. The number of ether oxygens (including phenoxy) is 1. The number of hydrogen-bond donors (Lipinski definition) is 3. The summed E-state index contributed by atoms with van der Waals surface area (Å²) in [4.78, 5) is 12.6. The van der Waals surface area contributed by atoms with Crippen molar-refractivity contribution in [3.8, 4) is 11.8 Å². The number of imidazole rings is 1. The van der Waals surface area contributed by atoms with Crippen molar-refractivity contribution in [2.75, 3.05) is 0 Å². The summed E-state index contributed by atoms with van der Waals surface area (Å²) in [6, 6.07) is 0. The van der Waals surface area contributed by atoms with Gasteiger partial charge in [0.05, 0.1) is 6.33 Å². The zero-order valence-electron chi connectivity index (χ0n) is 13.8. The maximum Gasteiger partial charge on any atom is 0.333 e. The molecule has 0 bridgehead atoms. The third kappa shape index (κ3) is 2.63. The van der Waals surface area contributed by atoms with E-state index in [0.29, 0.717) is 22.8 Å². The van der Waals surface area contributed by atoms with Gasteiger partial charge in [-0.1, -0.05) is 5.92 Å². The Bertz CT molecular complexity index is 1100. The number of aliphatic hydroxyl groups excluding tert-OH is 1. The quantitative estimate of drug-likeness (QED) is 0.509. The first-order valence-corrected chi connectivity index (χ1v) is 9.72. The molecule has 3 fully saturated rings. The van der Waals surface area contributed by atoms with Crippen LogP contribution in [0, 0.1) is 17.8 Å². The molecule has 1 aliphatic heterocycles. The first-order valence-electron chi connectivity index (χ1n) is 8.25. The molecule has 2 aromatic heterocycles. The lowest BCUT2D eigenvalue weighted by molar-refractivity contribution is -0.0888. The van der Waals surface area contributed by atoms with E-state index in [9.17, 15) is 18.6 Å². The molecule has 3 heterocycles. The summed E-state index contributed by atoms with van der Waals surface area (Å²) < 4.78 is 33.7. The fraction of sp³-hybridized carbons (Fsp3) is 0.533. The van der Waals surface area contributed by atoms with Crippen molar-refractivity contribution >= 4 is 21.5 Å². The van der Waals surface area contributed by atoms with E-state index in [2.05, 4.69) is 31.0 Å². The molecule has 12 heteroatoms. The lowest BCUT2D eigenvalue weighted by Crippen LogP contribution is -2.38. The molecule has 3 aliphatic rings. The average Bonchev–Trinajstić information content (AvgIpc) is 3.44. The molecular weight excluding hydrogens is 378 g/mol. The van der Waals surface area contributed by atoms with E-state index in [1.165, 1.54) is 17.2 Å². The number of rotatable bonds is 3. The van der Waals surface area contributed by atoms with Crippen LogP contribution in [0.1, 0.15) is 24.8 Å². The molecule has 0 radical (unpaired) electrons. The van der Waals surface area contributed by atoms with Gasteiger partial charge in [0, 0.05) is 5.92 Å². The maximum absolute atomic E-state index is 11.1. The van der Waals surface area contributed by atoms with Crippen LogP contribution in [-0.4, -0.2) is 62.1 Å². The molecule has 1 unspecified atom stereocenters. The topological polar surface area (TPSA) is 163 Å². The predicted molar refractivity (Wildman–Crippen MR) is 87.8 cm³/mol. The van der Waals surface area contributed by atoms with E-state index >= 15 is 0 Å². The minimum atomic E-state index is -4.29. The summed E-state index contributed by atoms with van der Waals surface area (Å²) in [6.07, 6.45) is 0.110. The summed E-state index contributed by atoms with van der Waals surface area (Å²) >= 11 is 0. The zero-order valence-corrected chi connectivity index (χ0v) is 14.6. The predicted octanol–water partition coefficient (Wildman–Crippen LogP) is -1.82. The first-order chi connectivity index (χ1) is 12.8. The van der Waals surface area contributed by atoms with Gasteiger partial charge in [0.15, 0.2) is 17.5 Å². The van der Waals surface area contributed by atoms with Gasteiger partial charge in [-0.25, -0.2) is 24.3 Å². The lowest BCUT2D eigenvalue weighted by atomic mass is 10.1. The van der Waals surface area contributed by atoms with Gasteiger partial charge in [-0.2, -0.15) is 8.42 Å². The molecular formula is C15H15N5O6S. The Kier molecular flexibility index (Phi) is 3.43. The second kappa shape index (κ2) is 5.44. The van der Waals surface area contributed by atoms with Crippen LogP contribution in [-0.2, 0) is 19.2 Å². The molecule has 2 saturated carbocycles. The van der Waals surface area contributed by atoms with Gasteiger partial charge < -0.3 is 14.9 Å². The number of nitrogens with zero attached hydrogens (tertiary/aromatic N) is 4. The Morgan fingerprint density at radius 1 is 1.37 bits per heavy atom. The second-order valence-corrected chi connectivity index (χ2v) is 8.06. The molecule has 2 aromatic rings. The highest BCUT2D eigenvalue weighted by Crippen LogP contribution is 2.55. The Balaban J connectivity index is 1.45. The van der Waals surface area contributed by atoms with E-state index in [-0.39, 0.29) is 0 Å². The maximum atomic E-state index is 11.1. The van der Waals surface area contributed by atoms with E-state index in [1.54, 1.807) is 0 Å².